The van der Waals surface area contributed by atoms with Crippen LogP contribution < -0.4 is 4.74 Å². The van der Waals surface area contributed by atoms with Gasteiger partial charge in [0.15, 0.2) is 0 Å². The largest absolute Gasteiger partial charge is 0.489 e. The van der Waals surface area contributed by atoms with Gasteiger partial charge in [0, 0.05) is 5.56 Å². The van der Waals surface area contributed by atoms with Crippen molar-refractivity contribution in [3.8, 4) is 11.8 Å². The first-order chi connectivity index (χ1) is 10.3. The maximum absolute atomic E-state index is 10.1. The van der Waals surface area contributed by atoms with E-state index in [0.717, 1.165) is 36.1 Å². The molecule has 0 saturated heterocycles. The molecule has 1 N–H and O–H groups in total. The predicted molar refractivity (Wildman–Crippen MR) is 79.8 cm³/mol. The molecule has 1 aliphatic rings. The second-order valence-electron chi connectivity index (χ2n) is 5.33. The summed E-state index contributed by atoms with van der Waals surface area (Å²) in [5, 5.41) is 19.1. The van der Waals surface area contributed by atoms with E-state index in [4.69, 9.17) is 10.00 Å². The number of nitrogens with zero attached hydrogens (tertiary/aromatic N) is 1. The molecule has 0 fully saturated rings. The summed E-state index contributed by atoms with van der Waals surface area (Å²) in [6.45, 7) is 0.360. The zero-order chi connectivity index (χ0) is 14.7. The Bertz CT molecular complexity index is 688. The highest BCUT2D eigenvalue weighted by molar-refractivity contribution is 5.40. The Morgan fingerprint density at radius 2 is 2.10 bits per heavy atom. The summed E-state index contributed by atoms with van der Waals surface area (Å²) < 4.78 is 5.79. The molecule has 1 aliphatic carbocycles. The smallest absolute Gasteiger partial charge is 0.120 e. The Balaban J connectivity index is 1.77. The number of aliphatic hydroxyl groups excluding tert-OH is 1. The van der Waals surface area contributed by atoms with E-state index < -0.39 is 0 Å². The van der Waals surface area contributed by atoms with Crippen molar-refractivity contribution >= 4 is 0 Å². The van der Waals surface area contributed by atoms with Gasteiger partial charge in [-0.2, -0.15) is 5.26 Å². The Morgan fingerprint density at radius 1 is 1.24 bits per heavy atom. The van der Waals surface area contributed by atoms with Crippen LogP contribution in [0.15, 0.2) is 42.5 Å². The fourth-order valence-corrected chi connectivity index (χ4v) is 2.76. The summed E-state index contributed by atoms with van der Waals surface area (Å²) >= 11 is 0. The van der Waals surface area contributed by atoms with Crippen LogP contribution in [0.2, 0.25) is 0 Å². The second-order valence-corrected chi connectivity index (χ2v) is 5.33. The Kier molecular flexibility index (Phi) is 3.89. The van der Waals surface area contributed by atoms with E-state index in [1.54, 1.807) is 6.07 Å². The van der Waals surface area contributed by atoms with Crippen LogP contribution in [0.4, 0.5) is 0 Å². The van der Waals surface area contributed by atoms with Gasteiger partial charge in [-0.25, -0.2) is 0 Å². The number of benzene rings is 2. The fraction of sp³-hybridized carbons (Fsp3) is 0.278. The van der Waals surface area contributed by atoms with E-state index in [2.05, 4.69) is 6.07 Å². The molecule has 3 nitrogen and oxygen atoms in total. The van der Waals surface area contributed by atoms with Crippen LogP contribution in [-0.2, 0) is 13.0 Å². The number of hydrogen-bond donors (Lipinski definition) is 1. The van der Waals surface area contributed by atoms with Gasteiger partial charge in [0.05, 0.1) is 17.7 Å². The molecule has 21 heavy (non-hydrogen) atoms. The van der Waals surface area contributed by atoms with E-state index in [1.807, 2.05) is 36.4 Å². The fourth-order valence-electron chi connectivity index (χ4n) is 2.76. The summed E-state index contributed by atoms with van der Waals surface area (Å²) in [4.78, 5) is 0. The SMILES string of the molecule is N#Cc1ccccc1COc1ccc2c(c1)C(O)CCC2. The zero-order valence-electron chi connectivity index (χ0n) is 11.7. The van der Waals surface area contributed by atoms with Crippen LogP contribution >= 0.6 is 0 Å². The molecule has 0 saturated carbocycles. The van der Waals surface area contributed by atoms with Crippen LogP contribution in [0.3, 0.4) is 0 Å². The number of aliphatic hydroxyl groups is 1. The van der Waals surface area contributed by atoms with Crippen molar-refractivity contribution in [3.05, 3.63) is 64.7 Å². The normalized spacial score (nSPS) is 16.9. The molecule has 0 spiro atoms. The molecule has 2 aromatic carbocycles. The van der Waals surface area contributed by atoms with Gasteiger partial charge in [0.1, 0.15) is 12.4 Å². The number of fused-ring (bicyclic) bond motifs is 1. The van der Waals surface area contributed by atoms with E-state index in [-0.39, 0.29) is 6.10 Å². The van der Waals surface area contributed by atoms with Crippen LogP contribution in [0, 0.1) is 11.3 Å². The summed E-state index contributed by atoms with van der Waals surface area (Å²) in [5.41, 5.74) is 3.69. The van der Waals surface area contributed by atoms with Gasteiger partial charge in [-0.05, 0) is 48.6 Å². The number of nitriles is 1. The molecule has 1 atom stereocenters. The van der Waals surface area contributed by atoms with Crippen molar-refractivity contribution in [2.45, 2.75) is 32.0 Å². The minimum Gasteiger partial charge on any atom is -0.489 e. The highest BCUT2D eigenvalue weighted by Gasteiger charge is 2.18. The molecular formula is C18H17NO2. The highest BCUT2D eigenvalue weighted by atomic mass is 16.5. The van der Waals surface area contributed by atoms with E-state index in [9.17, 15) is 5.11 Å². The Labute approximate surface area is 124 Å². The number of rotatable bonds is 3. The maximum Gasteiger partial charge on any atom is 0.120 e. The van der Waals surface area contributed by atoms with Crippen molar-refractivity contribution in [1.82, 2.24) is 0 Å². The molecule has 0 heterocycles. The molecule has 2 aromatic rings. The lowest BCUT2D eigenvalue weighted by Crippen LogP contribution is -2.09. The van der Waals surface area contributed by atoms with Crippen LogP contribution in [-0.4, -0.2) is 5.11 Å². The van der Waals surface area contributed by atoms with Crippen molar-refractivity contribution in [3.63, 3.8) is 0 Å². The molecule has 3 rings (SSSR count). The summed E-state index contributed by atoms with van der Waals surface area (Å²) in [6.07, 6.45) is 2.48. The van der Waals surface area contributed by atoms with Gasteiger partial charge in [-0.3, -0.25) is 0 Å². The Hall–Kier alpha value is -2.31. The molecule has 0 amide bonds. The minimum absolute atomic E-state index is 0.360. The zero-order valence-corrected chi connectivity index (χ0v) is 11.7. The third-order valence-electron chi connectivity index (χ3n) is 3.93. The van der Waals surface area contributed by atoms with Gasteiger partial charge in [-0.1, -0.05) is 24.3 Å². The van der Waals surface area contributed by atoms with E-state index in [1.165, 1.54) is 5.56 Å². The lowest BCUT2D eigenvalue weighted by molar-refractivity contribution is 0.156. The van der Waals surface area contributed by atoms with Crippen molar-refractivity contribution in [2.75, 3.05) is 0 Å². The lowest BCUT2D eigenvalue weighted by atomic mass is 9.89. The van der Waals surface area contributed by atoms with Crippen molar-refractivity contribution in [1.29, 1.82) is 5.26 Å². The van der Waals surface area contributed by atoms with Crippen LogP contribution in [0.5, 0.6) is 5.75 Å². The van der Waals surface area contributed by atoms with Crippen LogP contribution in [0.25, 0.3) is 0 Å². The average Bonchev–Trinajstić information content (AvgIpc) is 2.54. The minimum atomic E-state index is -0.385. The quantitative estimate of drug-likeness (QED) is 0.935. The van der Waals surface area contributed by atoms with Gasteiger partial charge < -0.3 is 9.84 Å². The Morgan fingerprint density at radius 3 is 2.95 bits per heavy atom. The van der Waals surface area contributed by atoms with Gasteiger partial charge in [0.2, 0.25) is 0 Å². The van der Waals surface area contributed by atoms with Crippen molar-refractivity contribution in [2.24, 2.45) is 0 Å². The van der Waals surface area contributed by atoms with Gasteiger partial charge >= 0.3 is 0 Å². The summed E-state index contributed by atoms with van der Waals surface area (Å²) in [7, 11) is 0. The second kappa shape index (κ2) is 5.99. The van der Waals surface area contributed by atoms with Gasteiger partial charge in [-0.15, -0.1) is 0 Å². The van der Waals surface area contributed by atoms with Gasteiger partial charge in [0.25, 0.3) is 0 Å². The third kappa shape index (κ3) is 2.91. The molecular weight excluding hydrogens is 262 g/mol. The number of aryl methyl sites for hydroxylation is 1. The lowest BCUT2D eigenvalue weighted by Gasteiger charge is -2.22. The molecule has 3 heteroatoms. The average molecular weight is 279 g/mol. The van der Waals surface area contributed by atoms with Crippen molar-refractivity contribution < 1.29 is 9.84 Å². The first-order valence-corrected chi connectivity index (χ1v) is 7.19. The molecule has 0 bridgehead atoms. The first kappa shape index (κ1) is 13.7. The van der Waals surface area contributed by atoms with Crippen LogP contribution in [0.1, 0.15) is 41.2 Å². The monoisotopic (exact) mass is 279 g/mol. The molecule has 0 aliphatic heterocycles. The molecule has 106 valence electrons. The van der Waals surface area contributed by atoms with E-state index in [0.29, 0.717) is 12.2 Å². The third-order valence-corrected chi connectivity index (χ3v) is 3.93. The molecule has 0 aromatic heterocycles. The van der Waals surface area contributed by atoms with E-state index >= 15 is 0 Å². The first-order valence-electron chi connectivity index (χ1n) is 7.19. The maximum atomic E-state index is 10.1. The summed E-state index contributed by atoms with van der Waals surface area (Å²) in [5.74, 6) is 0.738. The molecule has 1 unspecified atom stereocenters. The topological polar surface area (TPSA) is 53.2 Å². The highest BCUT2D eigenvalue weighted by Crippen LogP contribution is 2.32. The summed E-state index contributed by atoms with van der Waals surface area (Å²) in [6, 6.07) is 15.5. The standard InChI is InChI=1S/C18H17NO2/c19-11-14-4-1-2-5-15(14)12-21-16-9-8-13-6-3-7-18(20)17(13)10-16/h1-2,4-5,8-10,18,20H,3,6-7,12H2. The molecule has 0 radical (unpaired) electrons. The number of ether oxygens (including phenoxy) is 1. The predicted octanol–water partition coefficient (Wildman–Crippen LogP) is 3.51. The number of hydrogen-bond acceptors (Lipinski definition) is 3.